The van der Waals surface area contributed by atoms with E-state index in [1.807, 2.05) is 12.1 Å². The predicted molar refractivity (Wildman–Crippen MR) is 123 cm³/mol. The minimum atomic E-state index is -3.40. The Hall–Kier alpha value is -1.31. The molecule has 2 aliphatic carbocycles. The van der Waals surface area contributed by atoms with Crippen LogP contribution in [0, 0.1) is 11.7 Å². The van der Waals surface area contributed by atoms with Crippen LogP contribution in [0.4, 0.5) is 4.39 Å². The standard InChI is InChI=1S/C15H10F.C9H13.2CH3.H2Si.Zr/c16-13-6-3-5-12(10-13)15-9-8-11-4-1-2-7-14(11)15;1-6-5-7(2)9(4)8(6)3;;;;/h1-10H;6H,1-4H3;2*1H3;1H2;. The van der Waals surface area contributed by atoms with E-state index in [9.17, 15) is 4.39 Å². The van der Waals surface area contributed by atoms with Crippen molar-refractivity contribution in [2.75, 3.05) is 0 Å². The van der Waals surface area contributed by atoms with Crippen LogP contribution < -0.4 is 0 Å². The van der Waals surface area contributed by atoms with E-state index in [2.05, 4.69) is 74.2 Å². The van der Waals surface area contributed by atoms with Crippen molar-refractivity contribution in [1.82, 2.24) is 0 Å². The number of allylic oxidation sites excluding steroid dienone is 5. The Morgan fingerprint density at radius 2 is 1.62 bits per heavy atom. The molecule has 0 N–H and O–H groups in total. The molecule has 0 heterocycles. The summed E-state index contributed by atoms with van der Waals surface area (Å²) in [6, 6.07) is 15.9. The molecule has 3 heteroatoms. The molecule has 0 nitrogen and oxygen atoms in total. The first-order valence-electron chi connectivity index (χ1n) is 10.5. The van der Waals surface area contributed by atoms with E-state index in [1.165, 1.54) is 39.5 Å². The normalized spacial score (nSPS) is 22.3. The second-order valence-corrected chi connectivity index (χ2v) is 39.6. The van der Waals surface area contributed by atoms with Gasteiger partial charge in [0.1, 0.15) is 0 Å². The Morgan fingerprint density at radius 3 is 2.24 bits per heavy atom. The maximum absolute atomic E-state index is 14.0. The Labute approximate surface area is 177 Å². The van der Waals surface area contributed by atoms with E-state index in [1.54, 1.807) is 9.35 Å². The fourth-order valence-corrected chi connectivity index (χ4v) is 24.4. The van der Waals surface area contributed by atoms with Gasteiger partial charge in [0.2, 0.25) is 0 Å². The van der Waals surface area contributed by atoms with Crippen LogP contribution in [-0.2, 0) is 17.4 Å². The summed E-state index contributed by atoms with van der Waals surface area (Å²) in [5, 5.41) is 0. The molecule has 0 bridgehead atoms. The number of rotatable bonds is 3. The fraction of sp³-hybridized carbons (Fsp3) is 0.308. The SMILES string of the molecule is CC1=C(C)C(C)[C]([Zr]([CH3])([CH3])(=[SiH2])[CH]2C=C(c3cccc(F)c3)c3ccccc32)=C1C. The van der Waals surface area contributed by atoms with Gasteiger partial charge in [0.25, 0.3) is 0 Å². The molecule has 150 valence electrons. The number of benzene rings is 2. The van der Waals surface area contributed by atoms with E-state index in [4.69, 9.17) is 0 Å². The van der Waals surface area contributed by atoms with Crippen LogP contribution in [0.3, 0.4) is 0 Å². The molecule has 2 aliphatic rings. The van der Waals surface area contributed by atoms with E-state index >= 15 is 0 Å². The van der Waals surface area contributed by atoms with Crippen LogP contribution in [-0.4, -0.2) is 6.88 Å². The molecule has 0 radical (unpaired) electrons. The van der Waals surface area contributed by atoms with Gasteiger partial charge in [-0.3, -0.25) is 0 Å². The first kappa shape index (κ1) is 20.9. The molecule has 0 fully saturated rings. The first-order valence-corrected chi connectivity index (χ1v) is 24.0. The zero-order valence-corrected chi connectivity index (χ0v) is 22.3. The van der Waals surface area contributed by atoms with Crippen molar-refractivity contribution in [3.05, 3.63) is 97.1 Å². The minimum absolute atomic E-state index is 0.168. The maximum atomic E-state index is 14.0. The number of halogens is 1. The summed E-state index contributed by atoms with van der Waals surface area (Å²) in [6.07, 6.45) is 2.48. The van der Waals surface area contributed by atoms with Crippen molar-refractivity contribution in [1.29, 1.82) is 0 Å². The van der Waals surface area contributed by atoms with Crippen LogP contribution in [0.15, 0.2) is 74.6 Å². The second kappa shape index (κ2) is 6.86. The van der Waals surface area contributed by atoms with Gasteiger partial charge >= 0.3 is 178 Å². The quantitative estimate of drug-likeness (QED) is 0.418. The topological polar surface area (TPSA) is 0 Å². The molecule has 2 aromatic carbocycles. The average molecular weight is 482 g/mol. The van der Waals surface area contributed by atoms with Crippen molar-refractivity contribution in [3.63, 3.8) is 0 Å². The van der Waals surface area contributed by atoms with Gasteiger partial charge in [0.15, 0.2) is 0 Å². The monoisotopic (exact) mass is 480 g/mol. The van der Waals surface area contributed by atoms with Gasteiger partial charge in [-0.15, -0.1) is 0 Å². The predicted octanol–water partition coefficient (Wildman–Crippen LogP) is 6.91. The van der Waals surface area contributed by atoms with Gasteiger partial charge in [0, 0.05) is 0 Å². The summed E-state index contributed by atoms with van der Waals surface area (Å²) >= 11 is -3.40. The molecular formula is C26H31FSiZr. The summed E-state index contributed by atoms with van der Waals surface area (Å²) in [5.41, 5.74) is 9.47. The number of hydrogen-bond acceptors (Lipinski definition) is 0. The summed E-state index contributed by atoms with van der Waals surface area (Å²) in [5.74, 6) is 0.366. The molecule has 0 spiro atoms. The molecule has 2 aromatic rings. The molecule has 0 aliphatic heterocycles. The first-order chi connectivity index (χ1) is 13.5. The summed E-state index contributed by atoms with van der Waals surface area (Å²) in [4.78, 5) is 0. The Kier molecular flexibility index (Phi) is 4.95. The van der Waals surface area contributed by atoms with E-state index in [0.717, 1.165) is 5.56 Å². The van der Waals surface area contributed by atoms with Crippen LogP contribution in [0.25, 0.3) is 5.57 Å². The Balaban J connectivity index is 1.94. The van der Waals surface area contributed by atoms with Gasteiger partial charge in [0.05, 0.1) is 0 Å². The van der Waals surface area contributed by atoms with Crippen LogP contribution in [0.1, 0.15) is 48.0 Å². The number of hydrogen-bond donors (Lipinski definition) is 0. The molecule has 4 rings (SSSR count). The average Bonchev–Trinajstić information content (AvgIpc) is 3.15. The van der Waals surface area contributed by atoms with Crippen molar-refractivity contribution in [3.8, 4) is 0 Å². The Morgan fingerprint density at radius 1 is 0.931 bits per heavy atom. The molecule has 2 unspecified atom stereocenters. The van der Waals surface area contributed by atoms with Crippen molar-refractivity contribution < 1.29 is 21.8 Å². The summed E-state index contributed by atoms with van der Waals surface area (Å²) in [7, 11) is 0. The molecule has 0 saturated carbocycles. The van der Waals surface area contributed by atoms with Crippen molar-refractivity contribution in [2.24, 2.45) is 5.92 Å². The zero-order chi connectivity index (χ0) is 21.2. The summed E-state index contributed by atoms with van der Waals surface area (Å²) < 4.78 is 21.4. The van der Waals surface area contributed by atoms with Crippen LogP contribution >= 0.6 is 0 Å². The van der Waals surface area contributed by atoms with Gasteiger partial charge < -0.3 is 0 Å². The van der Waals surface area contributed by atoms with E-state index in [-0.39, 0.29) is 5.82 Å². The second-order valence-electron chi connectivity index (χ2n) is 10.0. The molecular weight excluding hydrogens is 451 g/mol. The van der Waals surface area contributed by atoms with Gasteiger partial charge in [-0.25, -0.2) is 0 Å². The summed E-state index contributed by atoms with van der Waals surface area (Å²) in [6.45, 7) is 11.7. The third-order valence-corrected chi connectivity index (χ3v) is 24.8. The van der Waals surface area contributed by atoms with Gasteiger partial charge in [-0.2, -0.15) is 0 Å². The third-order valence-electron chi connectivity index (χ3n) is 7.58. The zero-order valence-electron chi connectivity index (χ0n) is 18.4. The number of fused-ring (bicyclic) bond motifs is 1. The molecule has 29 heavy (non-hydrogen) atoms. The van der Waals surface area contributed by atoms with E-state index in [0.29, 0.717) is 9.54 Å². The third kappa shape index (κ3) is 3.17. The van der Waals surface area contributed by atoms with Crippen molar-refractivity contribution >= 4 is 12.5 Å². The molecule has 0 aromatic heterocycles. The fourth-order valence-electron chi connectivity index (χ4n) is 5.89. The van der Waals surface area contributed by atoms with Crippen LogP contribution in [0.5, 0.6) is 0 Å². The molecule has 2 atom stereocenters. The molecule has 0 amide bonds. The van der Waals surface area contributed by atoms with Gasteiger partial charge in [-0.1, -0.05) is 0 Å². The molecule has 0 saturated heterocycles. The van der Waals surface area contributed by atoms with Crippen molar-refractivity contribution in [2.45, 2.75) is 40.6 Å². The van der Waals surface area contributed by atoms with E-state index < -0.39 is 17.4 Å². The van der Waals surface area contributed by atoms with Gasteiger partial charge in [-0.05, 0) is 0 Å². The van der Waals surface area contributed by atoms with Crippen LogP contribution in [0.2, 0.25) is 9.26 Å². The Bertz CT molecular complexity index is 1190.